The van der Waals surface area contributed by atoms with Crippen molar-refractivity contribution in [3.05, 3.63) is 77.6 Å². The smallest absolute Gasteiger partial charge is 0.167 e. The molecule has 0 unspecified atom stereocenters. The second-order valence-corrected chi connectivity index (χ2v) is 4.87. The van der Waals surface area contributed by atoms with E-state index in [0.717, 1.165) is 5.56 Å². The van der Waals surface area contributed by atoms with Gasteiger partial charge in [0.15, 0.2) is 5.78 Å². The van der Waals surface area contributed by atoms with Crippen LogP contribution < -0.4 is 10.5 Å². The Morgan fingerprint density at radius 1 is 1.09 bits per heavy atom. The van der Waals surface area contributed by atoms with Crippen LogP contribution in [0.2, 0.25) is 0 Å². The Bertz CT molecular complexity index is 636. The van der Waals surface area contributed by atoms with Crippen LogP contribution in [0.5, 0.6) is 5.75 Å². The maximum absolute atomic E-state index is 12.4. The zero-order valence-corrected chi connectivity index (χ0v) is 12.2. The van der Waals surface area contributed by atoms with Crippen LogP contribution in [0.4, 0.5) is 4.39 Å². The quantitative estimate of drug-likeness (QED) is 0.798. The van der Waals surface area contributed by atoms with Crippen molar-refractivity contribution in [1.29, 1.82) is 0 Å². The molecule has 0 atom stereocenters. The molecule has 2 rings (SSSR count). The third-order valence-electron chi connectivity index (χ3n) is 3.22. The minimum atomic E-state index is 0.0454. The van der Waals surface area contributed by atoms with E-state index in [4.69, 9.17) is 10.5 Å². The van der Waals surface area contributed by atoms with Crippen LogP contribution in [-0.4, -0.2) is 18.9 Å². The van der Waals surface area contributed by atoms with E-state index in [-0.39, 0.29) is 18.9 Å². The third-order valence-corrected chi connectivity index (χ3v) is 3.22. The molecule has 0 bridgehead atoms. The van der Waals surface area contributed by atoms with E-state index in [2.05, 4.69) is 0 Å². The van der Waals surface area contributed by atoms with Gasteiger partial charge in [-0.2, -0.15) is 0 Å². The fraction of sp³-hybridized carbons (Fsp3) is 0.167. The van der Waals surface area contributed by atoms with E-state index in [1.807, 2.05) is 30.3 Å². The number of hydrogen-bond donors (Lipinski definition) is 1. The van der Waals surface area contributed by atoms with E-state index < -0.39 is 0 Å². The SMILES string of the molecule is NC/C(=C/F)COc1ccc(C(=O)Cc2ccccc2)cc1. The molecule has 2 aromatic rings. The first-order valence-electron chi connectivity index (χ1n) is 7.01. The van der Waals surface area contributed by atoms with Crippen LogP contribution in [-0.2, 0) is 6.42 Å². The van der Waals surface area contributed by atoms with Gasteiger partial charge in [0.25, 0.3) is 0 Å². The first-order chi connectivity index (χ1) is 10.7. The Morgan fingerprint density at radius 3 is 2.36 bits per heavy atom. The molecule has 0 aliphatic rings. The zero-order valence-electron chi connectivity index (χ0n) is 12.2. The van der Waals surface area contributed by atoms with Gasteiger partial charge in [-0.3, -0.25) is 4.79 Å². The number of hydrogen-bond acceptors (Lipinski definition) is 3. The average molecular weight is 299 g/mol. The van der Waals surface area contributed by atoms with Gasteiger partial charge >= 0.3 is 0 Å². The fourth-order valence-corrected chi connectivity index (χ4v) is 1.93. The molecule has 0 fully saturated rings. The maximum Gasteiger partial charge on any atom is 0.167 e. The van der Waals surface area contributed by atoms with Gasteiger partial charge in [-0.05, 0) is 29.8 Å². The molecule has 2 N–H and O–H groups in total. The largest absolute Gasteiger partial charge is 0.489 e. The summed E-state index contributed by atoms with van der Waals surface area (Å²) in [6.45, 7) is 0.217. The molecule has 0 amide bonds. The van der Waals surface area contributed by atoms with Crippen LogP contribution in [0, 0.1) is 0 Å². The number of nitrogens with two attached hydrogens (primary N) is 1. The fourth-order valence-electron chi connectivity index (χ4n) is 1.93. The summed E-state index contributed by atoms with van der Waals surface area (Å²) in [4.78, 5) is 12.2. The van der Waals surface area contributed by atoms with Crippen molar-refractivity contribution in [2.24, 2.45) is 5.73 Å². The Kier molecular flexibility index (Phi) is 5.86. The topological polar surface area (TPSA) is 52.3 Å². The molecule has 0 aliphatic carbocycles. The Morgan fingerprint density at radius 2 is 1.77 bits per heavy atom. The number of rotatable bonds is 7. The number of carbonyl (C=O) groups excluding carboxylic acids is 1. The Hall–Kier alpha value is -2.46. The molecule has 0 aliphatic heterocycles. The minimum absolute atomic E-state index is 0.0454. The van der Waals surface area contributed by atoms with Crippen molar-refractivity contribution in [2.45, 2.75) is 6.42 Å². The molecule has 2 aromatic carbocycles. The van der Waals surface area contributed by atoms with Gasteiger partial charge in [0.05, 0.1) is 6.33 Å². The van der Waals surface area contributed by atoms with E-state index in [1.54, 1.807) is 24.3 Å². The zero-order chi connectivity index (χ0) is 15.8. The van der Waals surface area contributed by atoms with Crippen LogP contribution >= 0.6 is 0 Å². The molecule has 0 saturated heterocycles. The van der Waals surface area contributed by atoms with Crippen LogP contribution in [0.1, 0.15) is 15.9 Å². The second-order valence-electron chi connectivity index (χ2n) is 4.87. The van der Waals surface area contributed by atoms with E-state index in [1.165, 1.54) is 0 Å². The van der Waals surface area contributed by atoms with Crippen molar-refractivity contribution >= 4 is 5.78 Å². The first kappa shape index (κ1) is 15.9. The summed E-state index contributed by atoms with van der Waals surface area (Å²) in [5.41, 5.74) is 7.33. The highest BCUT2D eigenvalue weighted by atomic mass is 19.1. The van der Waals surface area contributed by atoms with Gasteiger partial charge < -0.3 is 10.5 Å². The molecular weight excluding hydrogens is 281 g/mol. The molecule has 0 spiro atoms. The molecule has 0 saturated carbocycles. The highest BCUT2D eigenvalue weighted by Crippen LogP contribution is 2.15. The summed E-state index contributed by atoms with van der Waals surface area (Å²) in [5.74, 6) is 0.619. The summed E-state index contributed by atoms with van der Waals surface area (Å²) in [5, 5.41) is 0. The van der Waals surface area contributed by atoms with Gasteiger partial charge in [0.2, 0.25) is 0 Å². The molecule has 0 aromatic heterocycles. The Balaban J connectivity index is 1.95. The summed E-state index contributed by atoms with van der Waals surface area (Å²) in [6.07, 6.45) is 0.820. The Labute approximate surface area is 129 Å². The van der Waals surface area contributed by atoms with Crippen molar-refractivity contribution < 1.29 is 13.9 Å². The summed E-state index contributed by atoms with van der Waals surface area (Å²) in [7, 11) is 0. The lowest BCUT2D eigenvalue weighted by Gasteiger charge is -2.08. The number of ether oxygens (including phenoxy) is 1. The molecule has 0 heterocycles. The standard InChI is InChI=1S/C18H18FNO2/c19-11-15(12-20)13-22-17-8-6-16(7-9-17)18(21)10-14-4-2-1-3-5-14/h1-9,11H,10,12-13,20H2/b15-11-. The summed E-state index contributed by atoms with van der Waals surface area (Å²) < 4.78 is 17.8. The minimum Gasteiger partial charge on any atom is -0.489 e. The first-order valence-corrected chi connectivity index (χ1v) is 7.01. The van der Waals surface area contributed by atoms with Gasteiger partial charge in [0.1, 0.15) is 12.4 Å². The number of Topliss-reactive ketones (excluding diaryl/α,β-unsaturated/α-hetero) is 1. The molecule has 114 valence electrons. The lowest BCUT2D eigenvalue weighted by Crippen LogP contribution is -2.10. The number of ketones is 1. The van der Waals surface area contributed by atoms with E-state index in [9.17, 15) is 9.18 Å². The highest BCUT2D eigenvalue weighted by molar-refractivity contribution is 5.97. The summed E-state index contributed by atoms with van der Waals surface area (Å²) >= 11 is 0. The van der Waals surface area contributed by atoms with Gasteiger partial charge in [-0.15, -0.1) is 0 Å². The normalized spacial score (nSPS) is 11.3. The molecule has 22 heavy (non-hydrogen) atoms. The average Bonchev–Trinajstić information content (AvgIpc) is 2.57. The number of benzene rings is 2. The monoisotopic (exact) mass is 299 g/mol. The lowest BCUT2D eigenvalue weighted by atomic mass is 10.0. The van der Waals surface area contributed by atoms with Crippen LogP contribution in [0.15, 0.2) is 66.5 Å². The van der Waals surface area contributed by atoms with Crippen LogP contribution in [0.3, 0.4) is 0 Å². The van der Waals surface area contributed by atoms with Crippen molar-refractivity contribution in [2.75, 3.05) is 13.2 Å². The highest BCUT2D eigenvalue weighted by Gasteiger charge is 2.07. The molecule has 0 radical (unpaired) electrons. The van der Waals surface area contributed by atoms with Crippen molar-refractivity contribution in [3.8, 4) is 5.75 Å². The predicted octanol–water partition coefficient (Wildman–Crippen LogP) is 3.30. The van der Waals surface area contributed by atoms with Gasteiger partial charge in [0, 0.05) is 24.1 Å². The van der Waals surface area contributed by atoms with Crippen LogP contribution in [0.25, 0.3) is 0 Å². The lowest BCUT2D eigenvalue weighted by molar-refractivity contribution is 0.0993. The van der Waals surface area contributed by atoms with Crippen molar-refractivity contribution in [1.82, 2.24) is 0 Å². The van der Waals surface area contributed by atoms with E-state index in [0.29, 0.717) is 29.6 Å². The number of carbonyl (C=O) groups is 1. The number of halogens is 1. The molecule has 3 nitrogen and oxygen atoms in total. The maximum atomic E-state index is 12.4. The molecular formula is C18H18FNO2. The summed E-state index contributed by atoms with van der Waals surface area (Å²) in [6, 6.07) is 16.4. The van der Waals surface area contributed by atoms with Crippen molar-refractivity contribution in [3.63, 3.8) is 0 Å². The third kappa shape index (κ3) is 4.53. The van der Waals surface area contributed by atoms with Gasteiger partial charge in [-0.25, -0.2) is 4.39 Å². The second kappa shape index (κ2) is 8.10. The van der Waals surface area contributed by atoms with Gasteiger partial charge in [-0.1, -0.05) is 30.3 Å². The van der Waals surface area contributed by atoms with E-state index >= 15 is 0 Å². The predicted molar refractivity (Wildman–Crippen MR) is 84.7 cm³/mol. The molecule has 4 heteroatoms.